The molecule has 5 heteroatoms. The first-order valence-corrected chi connectivity index (χ1v) is 7.58. The molecule has 4 nitrogen and oxygen atoms in total. The maximum Gasteiger partial charge on any atom is 0.257 e. The van der Waals surface area contributed by atoms with E-state index in [2.05, 4.69) is 23.7 Å². The van der Waals surface area contributed by atoms with Crippen molar-refractivity contribution in [1.82, 2.24) is 14.8 Å². The highest BCUT2D eigenvalue weighted by molar-refractivity contribution is 6.32. The maximum absolute atomic E-state index is 12.4. The van der Waals surface area contributed by atoms with E-state index in [0.29, 0.717) is 10.7 Å². The molecule has 1 aromatic rings. The van der Waals surface area contributed by atoms with Gasteiger partial charge in [0.2, 0.25) is 0 Å². The maximum atomic E-state index is 12.4. The number of rotatable bonds is 4. The van der Waals surface area contributed by atoms with Crippen LogP contribution < -0.4 is 0 Å². The van der Waals surface area contributed by atoms with Crippen LogP contribution in [0.1, 0.15) is 30.6 Å². The second-order valence-electron chi connectivity index (χ2n) is 5.66. The molecule has 0 bridgehead atoms. The van der Waals surface area contributed by atoms with Crippen LogP contribution in [0.15, 0.2) is 18.3 Å². The first-order valence-electron chi connectivity index (χ1n) is 7.20. The van der Waals surface area contributed by atoms with Gasteiger partial charge in [-0.1, -0.05) is 25.4 Å². The summed E-state index contributed by atoms with van der Waals surface area (Å²) in [5.41, 5.74) is 0.504. The number of carbonyl (C=O) groups is 1. The average Bonchev–Trinajstić information content (AvgIpc) is 2.45. The highest BCUT2D eigenvalue weighted by Crippen LogP contribution is 2.16. The van der Waals surface area contributed by atoms with Crippen molar-refractivity contribution in [1.29, 1.82) is 0 Å². The van der Waals surface area contributed by atoms with Crippen LogP contribution in [0.25, 0.3) is 0 Å². The zero-order chi connectivity index (χ0) is 14.5. The van der Waals surface area contributed by atoms with E-state index in [9.17, 15) is 4.79 Å². The fourth-order valence-electron chi connectivity index (χ4n) is 2.33. The Kier molecular flexibility index (Phi) is 5.38. The molecule has 1 amide bonds. The summed E-state index contributed by atoms with van der Waals surface area (Å²) in [5, 5.41) is 0.291. The molecule has 110 valence electrons. The van der Waals surface area contributed by atoms with Crippen LogP contribution in [-0.4, -0.2) is 53.4 Å². The van der Waals surface area contributed by atoms with E-state index in [1.165, 1.54) is 6.42 Å². The lowest BCUT2D eigenvalue weighted by Crippen LogP contribution is -2.49. The Morgan fingerprint density at radius 1 is 1.35 bits per heavy atom. The Balaban J connectivity index is 1.88. The Morgan fingerprint density at radius 3 is 2.65 bits per heavy atom. The lowest BCUT2D eigenvalue weighted by Gasteiger charge is -2.35. The second kappa shape index (κ2) is 7.04. The van der Waals surface area contributed by atoms with Gasteiger partial charge in [-0.3, -0.25) is 9.69 Å². The van der Waals surface area contributed by atoms with Gasteiger partial charge in [0.25, 0.3) is 5.91 Å². The molecule has 2 heterocycles. The molecule has 0 saturated carbocycles. The van der Waals surface area contributed by atoms with E-state index < -0.39 is 0 Å². The summed E-state index contributed by atoms with van der Waals surface area (Å²) in [4.78, 5) is 20.6. The molecule has 1 aliphatic heterocycles. The van der Waals surface area contributed by atoms with E-state index in [0.717, 1.165) is 38.6 Å². The molecule has 0 unspecified atom stereocenters. The number of piperazine rings is 1. The van der Waals surface area contributed by atoms with Gasteiger partial charge in [-0.05, 0) is 31.0 Å². The van der Waals surface area contributed by atoms with Crippen LogP contribution in [0.2, 0.25) is 5.15 Å². The summed E-state index contributed by atoms with van der Waals surface area (Å²) < 4.78 is 0. The van der Waals surface area contributed by atoms with Crippen molar-refractivity contribution in [3.8, 4) is 0 Å². The van der Waals surface area contributed by atoms with Gasteiger partial charge < -0.3 is 4.90 Å². The normalized spacial score (nSPS) is 16.7. The third-order valence-electron chi connectivity index (χ3n) is 3.67. The molecule has 0 aromatic carbocycles. The van der Waals surface area contributed by atoms with Crippen LogP contribution in [0.3, 0.4) is 0 Å². The number of halogens is 1. The summed E-state index contributed by atoms with van der Waals surface area (Å²) in [6.07, 6.45) is 2.81. The van der Waals surface area contributed by atoms with Crippen molar-refractivity contribution in [3.63, 3.8) is 0 Å². The second-order valence-corrected chi connectivity index (χ2v) is 6.02. The van der Waals surface area contributed by atoms with E-state index >= 15 is 0 Å². The van der Waals surface area contributed by atoms with Crippen LogP contribution in [0.4, 0.5) is 0 Å². The molecule has 1 fully saturated rings. The van der Waals surface area contributed by atoms with E-state index in [1.54, 1.807) is 18.3 Å². The molecule has 2 rings (SSSR count). The zero-order valence-electron chi connectivity index (χ0n) is 12.2. The smallest absolute Gasteiger partial charge is 0.257 e. The predicted molar refractivity (Wildman–Crippen MR) is 81.0 cm³/mol. The van der Waals surface area contributed by atoms with E-state index in [4.69, 9.17) is 11.6 Å². The number of carbonyl (C=O) groups excluding carboxylic acids is 1. The minimum Gasteiger partial charge on any atom is -0.336 e. The molecule has 0 spiro atoms. The van der Waals surface area contributed by atoms with E-state index in [-0.39, 0.29) is 5.91 Å². The summed E-state index contributed by atoms with van der Waals surface area (Å²) >= 11 is 5.98. The standard InChI is InChI=1S/C15H22ClN3O/c1-12(2)5-7-18-8-10-19(11-9-18)15(20)13-4-3-6-17-14(13)16/h3-4,6,12H,5,7-11H2,1-2H3. The van der Waals surface area contributed by atoms with Crippen molar-refractivity contribution in [3.05, 3.63) is 29.0 Å². The fourth-order valence-corrected chi connectivity index (χ4v) is 2.53. The monoisotopic (exact) mass is 295 g/mol. The van der Waals surface area contributed by atoms with Gasteiger partial charge >= 0.3 is 0 Å². The number of pyridine rings is 1. The van der Waals surface area contributed by atoms with Crippen LogP contribution >= 0.6 is 11.6 Å². The molecular formula is C15H22ClN3O. The molecule has 1 aromatic heterocycles. The molecule has 0 atom stereocenters. The molecular weight excluding hydrogens is 274 g/mol. The van der Waals surface area contributed by atoms with Gasteiger partial charge in [-0.2, -0.15) is 0 Å². The summed E-state index contributed by atoms with van der Waals surface area (Å²) in [6, 6.07) is 3.49. The van der Waals surface area contributed by atoms with Crippen molar-refractivity contribution in [2.24, 2.45) is 5.92 Å². The fraction of sp³-hybridized carbons (Fsp3) is 0.600. The van der Waals surface area contributed by atoms with Gasteiger partial charge in [-0.25, -0.2) is 4.98 Å². The van der Waals surface area contributed by atoms with Crippen molar-refractivity contribution >= 4 is 17.5 Å². The largest absolute Gasteiger partial charge is 0.336 e. The summed E-state index contributed by atoms with van der Waals surface area (Å²) in [6.45, 7) is 9.01. The minimum atomic E-state index is -0.00777. The average molecular weight is 296 g/mol. The molecule has 0 aliphatic carbocycles. The predicted octanol–water partition coefficient (Wildman–Crippen LogP) is 2.54. The van der Waals surface area contributed by atoms with Gasteiger partial charge in [-0.15, -0.1) is 0 Å². The SMILES string of the molecule is CC(C)CCN1CCN(C(=O)c2cccnc2Cl)CC1. The van der Waals surface area contributed by atoms with Crippen molar-refractivity contribution in [2.75, 3.05) is 32.7 Å². The number of nitrogens with zero attached hydrogens (tertiary/aromatic N) is 3. The van der Waals surface area contributed by atoms with Crippen LogP contribution in [-0.2, 0) is 0 Å². The van der Waals surface area contributed by atoms with Crippen LogP contribution in [0, 0.1) is 5.92 Å². The Hall–Kier alpha value is -1.13. The van der Waals surface area contributed by atoms with Crippen molar-refractivity contribution < 1.29 is 4.79 Å². The Bertz CT molecular complexity index is 456. The Labute approximate surface area is 125 Å². The summed E-state index contributed by atoms with van der Waals surface area (Å²) in [7, 11) is 0. The number of aromatic nitrogens is 1. The molecule has 1 aliphatic rings. The van der Waals surface area contributed by atoms with Gasteiger partial charge in [0.15, 0.2) is 0 Å². The van der Waals surface area contributed by atoms with Gasteiger partial charge in [0.05, 0.1) is 5.56 Å². The third-order valence-corrected chi connectivity index (χ3v) is 3.97. The zero-order valence-corrected chi connectivity index (χ0v) is 12.9. The third kappa shape index (κ3) is 3.93. The summed E-state index contributed by atoms with van der Waals surface area (Å²) in [5.74, 6) is 0.718. The quantitative estimate of drug-likeness (QED) is 0.801. The molecule has 1 saturated heterocycles. The van der Waals surface area contributed by atoms with Crippen molar-refractivity contribution in [2.45, 2.75) is 20.3 Å². The van der Waals surface area contributed by atoms with Gasteiger partial charge in [0.1, 0.15) is 5.15 Å². The van der Waals surface area contributed by atoms with E-state index in [1.807, 2.05) is 4.90 Å². The highest BCUT2D eigenvalue weighted by atomic mass is 35.5. The molecule has 20 heavy (non-hydrogen) atoms. The first kappa shape index (κ1) is 15.3. The minimum absolute atomic E-state index is 0.00777. The lowest BCUT2D eigenvalue weighted by atomic mass is 10.1. The molecule has 0 radical (unpaired) electrons. The number of amides is 1. The van der Waals surface area contributed by atoms with Gasteiger partial charge in [0, 0.05) is 32.4 Å². The first-order chi connectivity index (χ1) is 9.58. The number of hydrogen-bond donors (Lipinski definition) is 0. The topological polar surface area (TPSA) is 36.4 Å². The highest BCUT2D eigenvalue weighted by Gasteiger charge is 2.23. The molecule has 0 N–H and O–H groups in total. The van der Waals surface area contributed by atoms with Crippen LogP contribution in [0.5, 0.6) is 0 Å². The lowest BCUT2D eigenvalue weighted by molar-refractivity contribution is 0.0631. The number of hydrogen-bond acceptors (Lipinski definition) is 3. The Morgan fingerprint density at radius 2 is 2.05 bits per heavy atom.